The third-order valence-corrected chi connectivity index (χ3v) is 6.16. The van der Waals surface area contributed by atoms with Gasteiger partial charge in [-0.1, -0.05) is 19.8 Å². The van der Waals surface area contributed by atoms with Crippen LogP contribution in [0.2, 0.25) is 0 Å². The SMILES string of the molecule is CC1CCC(C2CCC(NNc3cc(N)c(N)c(N)c3)CC2)CC1. The number of rotatable bonds is 4. The molecule has 0 radical (unpaired) electrons. The van der Waals surface area contributed by atoms with Gasteiger partial charge >= 0.3 is 0 Å². The predicted octanol–water partition coefficient (Wildman–Crippen LogP) is 3.73. The van der Waals surface area contributed by atoms with E-state index in [1.54, 1.807) is 0 Å². The average molecular weight is 332 g/mol. The molecule has 5 nitrogen and oxygen atoms in total. The van der Waals surface area contributed by atoms with E-state index in [2.05, 4.69) is 17.8 Å². The molecular formula is C19H33N5. The van der Waals surface area contributed by atoms with Crippen molar-refractivity contribution in [1.29, 1.82) is 0 Å². The summed E-state index contributed by atoms with van der Waals surface area (Å²) in [6.45, 7) is 2.40. The fraction of sp³-hybridized carbons (Fsp3) is 0.684. The van der Waals surface area contributed by atoms with Crippen LogP contribution in [0.5, 0.6) is 0 Å². The van der Waals surface area contributed by atoms with E-state index in [4.69, 9.17) is 17.2 Å². The second kappa shape index (κ2) is 7.51. The smallest absolute Gasteiger partial charge is 0.0782 e. The largest absolute Gasteiger partial charge is 0.397 e. The van der Waals surface area contributed by atoms with E-state index in [1.807, 2.05) is 12.1 Å². The van der Waals surface area contributed by atoms with Gasteiger partial charge in [-0.2, -0.15) is 0 Å². The van der Waals surface area contributed by atoms with Crippen LogP contribution >= 0.6 is 0 Å². The molecule has 1 aromatic rings. The van der Waals surface area contributed by atoms with Crippen molar-refractivity contribution in [3.63, 3.8) is 0 Å². The molecule has 3 rings (SSSR count). The number of benzene rings is 1. The van der Waals surface area contributed by atoms with Crippen LogP contribution in [0.25, 0.3) is 0 Å². The Hall–Kier alpha value is -1.62. The van der Waals surface area contributed by atoms with Gasteiger partial charge in [-0.05, 0) is 68.4 Å². The number of hydrogen-bond acceptors (Lipinski definition) is 5. The number of nitrogens with two attached hydrogens (primary N) is 3. The lowest BCUT2D eigenvalue weighted by Crippen LogP contribution is -2.38. The van der Waals surface area contributed by atoms with Crippen molar-refractivity contribution < 1.29 is 0 Å². The van der Waals surface area contributed by atoms with Crippen molar-refractivity contribution in [1.82, 2.24) is 5.43 Å². The number of nitrogens with one attached hydrogen (secondary N) is 2. The Morgan fingerprint density at radius 2 is 1.29 bits per heavy atom. The van der Waals surface area contributed by atoms with Gasteiger partial charge in [-0.15, -0.1) is 0 Å². The van der Waals surface area contributed by atoms with Crippen molar-refractivity contribution in [2.45, 2.75) is 64.3 Å². The zero-order valence-electron chi connectivity index (χ0n) is 14.9. The van der Waals surface area contributed by atoms with E-state index in [-0.39, 0.29) is 0 Å². The molecule has 0 saturated heterocycles. The summed E-state index contributed by atoms with van der Waals surface area (Å²) in [6.07, 6.45) is 11.0. The van der Waals surface area contributed by atoms with Crippen LogP contribution < -0.4 is 28.1 Å². The van der Waals surface area contributed by atoms with Gasteiger partial charge in [0.25, 0.3) is 0 Å². The van der Waals surface area contributed by atoms with Crippen LogP contribution in [-0.4, -0.2) is 6.04 Å². The second-order valence-electron chi connectivity index (χ2n) is 7.97. The van der Waals surface area contributed by atoms with Crippen LogP contribution in [0.15, 0.2) is 12.1 Å². The highest BCUT2D eigenvalue weighted by Crippen LogP contribution is 2.39. The average Bonchev–Trinajstić information content (AvgIpc) is 2.59. The summed E-state index contributed by atoms with van der Waals surface area (Å²) in [6, 6.07) is 4.17. The molecule has 2 aliphatic carbocycles. The lowest BCUT2D eigenvalue weighted by molar-refractivity contribution is 0.160. The zero-order chi connectivity index (χ0) is 17.1. The molecule has 24 heavy (non-hydrogen) atoms. The van der Waals surface area contributed by atoms with Crippen molar-refractivity contribution in [2.75, 3.05) is 22.6 Å². The Kier molecular flexibility index (Phi) is 5.39. The molecule has 0 bridgehead atoms. The maximum Gasteiger partial charge on any atom is 0.0782 e. The van der Waals surface area contributed by atoms with Gasteiger partial charge in [-0.3, -0.25) is 0 Å². The molecule has 2 aliphatic rings. The minimum Gasteiger partial charge on any atom is -0.397 e. The topological polar surface area (TPSA) is 102 Å². The number of anilines is 4. The van der Waals surface area contributed by atoms with Gasteiger partial charge in [0.1, 0.15) is 0 Å². The number of nitrogen functional groups attached to an aromatic ring is 3. The third-order valence-electron chi connectivity index (χ3n) is 6.16. The molecule has 0 heterocycles. The van der Waals surface area contributed by atoms with Gasteiger partial charge in [0.2, 0.25) is 0 Å². The van der Waals surface area contributed by atoms with Crippen LogP contribution in [0, 0.1) is 17.8 Å². The molecule has 2 fully saturated rings. The van der Waals surface area contributed by atoms with Crippen molar-refractivity contribution in [3.8, 4) is 0 Å². The first-order valence-corrected chi connectivity index (χ1v) is 9.49. The van der Waals surface area contributed by atoms with Gasteiger partial charge in [0.15, 0.2) is 0 Å². The summed E-state index contributed by atoms with van der Waals surface area (Å²) in [5.74, 6) is 2.87. The summed E-state index contributed by atoms with van der Waals surface area (Å²) < 4.78 is 0. The summed E-state index contributed by atoms with van der Waals surface area (Å²) in [5.41, 5.74) is 26.6. The fourth-order valence-corrected chi connectivity index (χ4v) is 4.45. The zero-order valence-corrected chi connectivity index (χ0v) is 14.9. The molecule has 8 N–H and O–H groups in total. The maximum atomic E-state index is 5.87. The lowest BCUT2D eigenvalue weighted by atomic mass is 9.70. The Balaban J connectivity index is 1.44. The second-order valence-corrected chi connectivity index (χ2v) is 7.97. The van der Waals surface area contributed by atoms with Gasteiger partial charge in [0.05, 0.1) is 22.7 Å². The Morgan fingerprint density at radius 3 is 1.83 bits per heavy atom. The standard InChI is InChI=1S/C19H33N5/c1-12-2-4-13(5-3-12)14-6-8-15(9-7-14)23-24-16-10-17(20)19(22)18(21)11-16/h10-15,23-24H,2-9,20-22H2,1H3. The van der Waals surface area contributed by atoms with Crippen LogP contribution in [-0.2, 0) is 0 Å². The van der Waals surface area contributed by atoms with Crippen LogP contribution in [0.4, 0.5) is 22.7 Å². The van der Waals surface area contributed by atoms with Crippen LogP contribution in [0.1, 0.15) is 58.3 Å². The minimum absolute atomic E-state index is 0.461. The van der Waals surface area contributed by atoms with E-state index < -0.39 is 0 Å². The van der Waals surface area contributed by atoms with Gasteiger partial charge in [-0.25, -0.2) is 5.43 Å². The van der Waals surface area contributed by atoms with Gasteiger partial charge in [0, 0.05) is 6.04 Å². The molecule has 134 valence electrons. The third kappa shape index (κ3) is 4.07. The molecule has 1 aromatic carbocycles. The Labute approximate surface area is 145 Å². The Bertz CT molecular complexity index is 520. The van der Waals surface area contributed by atoms with Crippen molar-refractivity contribution in [3.05, 3.63) is 12.1 Å². The minimum atomic E-state index is 0.461. The highest BCUT2D eigenvalue weighted by molar-refractivity contribution is 5.81. The summed E-state index contributed by atoms with van der Waals surface area (Å²) in [5, 5.41) is 0. The van der Waals surface area contributed by atoms with E-state index >= 15 is 0 Å². The van der Waals surface area contributed by atoms with Crippen molar-refractivity contribution >= 4 is 22.7 Å². The molecule has 0 amide bonds. The molecule has 0 spiro atoms. The highest BCUT2D eigenvalue weighted by atomic mass is 15.4. The maximum absolute atomic E-state index is 5.87. The number of hydrogen-bond donors (Lipinski definition) is 5. The highest BCUT2D eigenvalue weighted by Gasteiger charge is 2.29. The monoisotopic (exact) mass is 331 g/mol. The quantitative estimate of drug-likeness (QED) is 0.427. The van der Waals surface area contributed by atoms with Crippen LogP contribution in [0.3, 0.4) is 0 Å². The van der Waals surface area contributed by atoms with E-state index in [1.165, 1.54) is 51.4 Å². The molecule has 0 aliphatic heterocycles. The van der Waals surface area contributed by atoms with E-state index in [0.29, 0.717) is 23.1 Å². The van der Waals surface area contributed by atoms with E-state index in [9.17, 15) is 0 Å². The fourth-order valence-electron chi connectivity index (χ4n) is 4.45. The van der Waals surface area contributed by atoms with Gasteiger partial charge < -0.3 is 22.6 Å². The molecule has 2 saturated carbocycles. The summed E-state index contributed by atoms with van der Waals surface area (Å²) >= 11 is 0. The van der Waals surface area contributed by atoms with Crippen molar-refractivity contribution in [2.24, 2.45) is 17.8 Å². The molecular weight excluding hydrogens is 298 g/mol. The summed E-state index contributed by atoms with van der Waals surface area (Å²) in [4.78, 5) is 0. The number of hydrazine groups is 1. The lowest BCUT2D eigenvalue weighted by Gasteiger charge is -2.37. The first kappa shape index (κ1) is 17.2. The first-order chi connectivity index (χ1) is 11.5. The summed E-state index contributed by atoms with van der Waals surface area (Å²) in [7, 11) is 0. The Morgan fingerprint density at radius 1 is 0.792 bits per heavy atom. The molecule has 5 heteroatoms. The molecule has 0 unspecified atom stereocenters. The molecule has 0 aromatic heterocycles. The normalized spacial score (nSPS) is 30.9. The molecule has 0 atom stereocenters. The first-order valence-electron chi connectivity index (χ1n) is 9.49. The predicted molar refractivity (Wildman–Crippen MR) is 103 cm³/mol. The van der Waals surface area contributed by atoms with E-state index in [0.717, 1.165) is 23.4 Å².